The molecule has 3 aromatic rings. The van der Waals surface area contributed by atoms with Crippen LogP contribution in [0.2, 0.25) is 5.02 Å². The number of aliphatic hydroxyl groups is 1. The largest absolute Gasteiger partial charge is 0.478 e. The van der Waals surface area contributed by atoms with Gasteiger partial charge in [0.25, 0.3) is 0 Å². The van der Waals surface area contributed by atoms with Gasteiger partial charge in [-0.15, -0.1) is 0 Å². The topological polar surface area (TPSA) is 82.7 Å². The predicted octanol–water partition coefficient (Wildman–Crippen LogP) is 4.96. The first-order chi connectivity index (χ1) is 12.4. The van der Waals surface area contributed by atoms with E-state index in [9.17, 15) is 9.90 Å². The van der Waals surface area contributed by atoms with Gasteiger partial charge in [0.05, 0.1) is 23.2 Å². The highest BCUT2D eigenvalue weighted by atomic mass is 35.5. The highest BCUT2D eigenvalue weighted by Crippen LogP contribution is 2.25. The maximum absolute atomic E-state index is 11.1. The summed E-state index contributed by atoms with van der Waals surface area (Å²) >= 11 is 5.87. The third-order valence-corrected chi connectivity index (χ3v) is 4.33. The van der Waals surface area contributed by atoms with Crippen LogP contribution in [0.3, 0.4) is 0 Å². The first-order valence-electron chi connectivity index (χ1n) is 8.08. The number of aromatic carboxylic acids is 1. The summed E-state index contributed by atoms with van der Waals surface area (Å²) in [6.45, 7) is 2.13. The SMILES string of the molecule is CC(O)c1ccc(-c2ccc(CNc3ccc(Cl)c(C(=O)O)c3)o2)cc1. The van der Waals surface area contributed by atoms with Crippen molar-refractivity contribution in [3.8, 4) is 11.3 Å². The number of carboxylic acids is 1. The Bertz CT molecular complexity index is 916. The molecule has 0 fully saturated rings. The Morgan fingerprint density at radius 3 is 2.54 bits per heavy atom. The summed E-state index contributed by atoms with van der Waals surface area (Å²) in [4.78, 5) is 11.1. The number of carbonyl (C=O) groups is 1. The van der Waals surface area contributed by atoms with E-state index >= 15 is 0 Å². The minimum Gasteiger partial charge on any atom is -0.478 e. The van der Waals surface area contributed by atoms with E-state index in [-0.39, 0.29) is 10.6 Å². The second-order valence-corrected chi connectivity index (χ2v) is 6.32. The molecule has 0 radical (unpaired) electrons. The fourth-order valence-corrected chi connectivity index (χ4v) is 2.74. The standard InChI is InChI=1S/C20H18ClNO4/c1-12(23)13-2-4-14(5-3-13)19-9-7-16(26-19)11-22-15-6-8-18(21)17(10-15)20(24)25/h2-10,12,22-23H,11H2,1H3,(H,24,25). The Balaban J connectivity index is 1.69. The summed E-state index contributed by atoms with van der Waals surface area (Å²) in [5.41, 5.74) is 2.46. The van der Waals surface area contributed by atoms with Gasteiger partial charge in [0.2, 0.25) is 0 Å². The quantitative estimate of drug-likeness (QED) is 0.570. The Labute approximate surface area is 155 Å². The molecule has 1 unspecified atom stereocenters. The van der Waals surface area contributed by atoms with Gasteiger partial charge >= 0.3 is 5.97 Å². The number of rotatable bonds is 6. The van der Waals surface area contributed by atoms with Gasteiger partial charge in [0.15, 0.2) is 0 Å². The van der Waals surface area contributed by atoms with Crippen molar-refractivity contribution < 1.29 is 19.4 Å². The highest BCUT2D eigenvalue weighted by Gasteiger charge is 2.10. The molecule has 6 heteroatoms. The molecule has 0 saturated carbocycles. The fraction of sp³-hybridized carbons (Fsp3) is 0.150. The number of anilines is 1. The number of aliphatic hydroxyl groups excluding tert-OH is 1. The predicted molar refractivity (Wildman–Crippen MR) is 101 cm³/mol. The summed E-state index contributed by atoms with van der Waals surface area (Å²) < 4.78 is 5.83. The molecule has 0 amide bonds. The molecule has 0 aliphatic rings. The van der Waals surface area contributed by atoms with E-state index in [0.29, 0.717) is 18.0 Å². The molecule has 1 aromatic heterocycles. The molecule has 134 valence electrons. The number of nitrogens with one attached hydrogen (secondary N) is 1. The number of halogens is 1. The van der Waals surface area contributed by atoms with E-state index < -0.39 is 12.1 Å². The van der Waals surface area contributed by atoms with Crippen molar-refractivity contribution >= 4 is 23.3 Å². The van der Waals surface area contributed by atoms with E-state index in [2.05, 4.69) is 5.32 Å². The van der Waals surface area contributed by atoms with Crippen LogP contribution < -0.4 is 5.32 Å². The lowest BCUT2D eigenvalue weighted by Crippen LogP contribution is -2.02. The molecular weight excluding hydrogens is 354 g/mol. The van der Waals surface area contributed by atoms with E-state index in [1.807, 2.05) is 36.4 Å². The Morgan fingerprint density at radius 2 is 1.88 bits per heavy atom. The molecule has 0 bridgehead atoms. The maximum Gasteiger partial charge on any atom is 0.337 e. The van der Waals surface area contributed by atoms with Crippen LogP contribution in [0.15, 0.2) is 59.0 Å². The molecule has 0 saturated heterocycles. The number of benzene rings is 2. The Hall–Kier alpha value is -2.76. The van der Waals surface area contributed by atoms with Crippen LogP contribution in [0.25, 0.3) is 11.3 Å². The normalized spacial score (nSPS) is 12.0. The number of furan rings is 1. The monoisotopic (exact) mass is 371 g/mol. The summed E-state index contributed by atoms with van der Waals surface area (Å²) in [6, 6.07) is 16.0. The molecule has 3 rings (SSSR count). The first-order valence-corrected chi connectivity index (χ1v) is 8.45. The van der Waals surface area contributed by atoms with Crippen molar-refractivity contribution in [2.75, 3.05) is 5.32 Å². The highest BCUT2D eigenvalue weighted by molar-refractivity contribution is 6.33. The zero-order valence-electron chi connectivity index (χ0n) is 14.1. The third kappa shape index (κ3) is 4.07. The van der Waals surface area contributed by atoms with E-state index in [1.165, 1.54) is 6.07 Å². The van der Waals surface area contributed by atoms with Gasteiger partial charge in [0.1, 0.15) is 11.5 Å². The minimum absolute atomic E-state index is 0.0509. The van der Waals surface area contributed by atoms with Crippen molar-refractivity contribution in [1.29, 1.82) is 0 Å². The van der Waals surface area contributed by atoms with E-state index in [1.54, 1.807) is 19.1 Å². The average molecular weight is 372 g/mol. The van der Waals surface area contributed by atoms with Crippen LogP contribution >= 0.6 is 11.6 Å². The number of hydrogen-bond donors (Lipinski definition) is 3. The molecule has 26 heavy (non-hydrogen) atoms. The van der Waals surface area contributed by atoms with Crippen LogP contribution in [-0.4, -0.2) is 16.2 Å². The first kappa shape index (κ1) is 18.0. The lowest BCUT2D eigenvalue weighted by molar-refractivity contribution is 0.0697. The van der Waals surface area contributed by atoms with Gasteiger partial charge in [-0.1, -0.05) is 35.9 Å². The maximum atomic E-state index is 11.1. The summed E-state index contributed by atoms with van der Waals surface area (Å²) in [7, 11) is 0. The molecule has 1 heterocycles. The Morgan fingerprint density at radius 1 is 1.15 bits per heavy atom. The summed E-state index contributed by atoms with van der Waals surface area (Å²) in [5.74, 6) is 0.368. The van der Waals surface area contributed by atoms with Crippen molar-refractivity contribution in [2.45, 2.75) is 19.6 Å². The van der Waals surface area contributed by atoms with Crippen molar-refractivity contribution in [3.05, 3.63) is 76.5 Å². The molecular formula is C20H18ClNO4. The summed E-state index contributed by atoms with van der Waals surface area (Å²) in [6.07, 6.45) is -0.504. The minimum atomic E-state index is -1.07. The van der Waals surface area contributed by atoms with Gasteiger partial charge < -0.3 is 19.9 Å². The number of carboxylic acid groups (broad SMARTS) is 1. The zero-order valence-corrected chi connectivity index (χ0v) is 14.8. The molecule has 3 N–H and O–H groups in total. The fourth-order valence-electron chi connectivity index (χ4n) is 2.54. The Kier molecular flexibility index (Phi) is 5.30. The molecule has 5 nitrogen and oxygen atoms in total. The second-order valence-electron chi connectivity index (χ2n) is 5.92. The van der Waals surface area contributed by atoms with Gasteiger partial charge in [-0.05, 0) is 42.8 Å². The summed E-state index contributed by atoms with van der Waals surface area (Å²) in [5, 5.41) is 22.0. The lowest BCUT2D eigenvalue weighted by Gasteiger charge is -2.07. The average Bonchev–Trinajstić information content (AvgIpc) is 3.10. The van der Waals surface area contributed by atoms with Crippen molar-refractivity contribution in [2.24, 2.45) is 0 Å². The van der Waals surface area contributed by atoms with Gasteiger partial charge in [-0.25, -0.2) is 4.79 Å². The zero-order chi connectivity index (χ0) is 18.7. The molecule has 0 aliphatic heterocycles. The van der Waals surface area contributed by atoms with E-state index in [4.69, 9.17) is 21.1 Å². The van der Waals surface area contributed by atoms with E-state index in [0.717, 1.165) is 16.9 Å². The van der Waals surface area contributed by atoms with Crippen molar-refractivity contribution in [3.63, 3.8) is 0 Å². The van der Waals surface area contributed by atoms with Crippen molar-refractivity contribution in [1.82, 2.24) is 0 Å². The van der Waals surface area contributed by atoms with Crippen LogP contribution in [-0.2, 0) is 6.54 Å². The molecule has 1 atom stereocenters. The lowest BCUT2D eigenvalue weighted by atomic mass is 10.1. The van der Waals surface area contributed by atoms with Crippen LogP contribution in [0.1, 0.15) is 34.7 Å². The second kappa shape index (κ2) is 7.64. The van der Waals surface area contributed by atoms with Crippen LogP contribution in [0, 0.1) is 0 Å². The smallest absolute Gasteiger partial charge is 0.337 e. The number of hydrogen-bond acceptors (Lipinski definition) is 4. The molecule has 0 spiro atoms. The van der Waals surface area contributed by atoms with Gasteiger partial charge in [-0.2, -0.15) is 0 Å². The van der Waals surface area contributed by atoms with Gasteiger partial charge in [0, 0.05) is 11.3 Å². The third-order valence-electron chi connectivity index (χ3n) is 4.00. The molecule has 2 aromatic carbocycles. The molecule has 0 aliphatic carbocycles. The van der Waals surface area contributed by atoms with Gasteiger partial charge in [-0.3, -0.25) is 0 Å². The van der Waals surface area contributed by atoms with Crippen LogP contribution in [0.4, 0.5) is 5.69 Å². The van der Waals surface area contributed by atoms with Crippen LogP contribution in [0.5, 0.6) is 0 Å².